The summed E-state index contributed by atoms with van der Waals surface area (Å²) in [5, 5.41) is 0.638. The van der Waals surface area contributed by atoms with Gasteiger partial charge in [-0.3, -0.25) is 14.2 Å². The molecule has 3 heterocycles. The van der Waals surface area contributed by atoms with Crippen LogP contribution < -0.4 is 5.56 Å². The zero-order valence-electron chi connectivity index (χ0n) is 16.7. The number of aromatic amines is 1. The first-order valence-electron chi connectivity index (χ1n) is 10.00. The van der Waals surface area contributed by atoms with Crippen LogP contribution in [0.25, 0.3) is 11.0 Å². The van der Waals surface area contributed by atoms with E-state index < -0.39 is 0 Å². The number of rotatable bonds is 6. The Morgan fingerprint density at radius 2 is 2.19 bits per heavy atom. The van der Waals surface area contributed by atoms with E-state index in [-0.39, 0.29) is 17.5 Å². The number of nitrogens with zero attached hydrogens (tertiary/aromatic N) is 3. The number of amides is 1. The van der Waals surface area contributed by atoms with E-state index in [0.717, 1.165) is 37.9 Å². The number of nitrogens with one attached hydrogen (secondary N) is 1. The van der Waals surface area contributed by atoms with Gasteiger partial charge < -0.3 is 9.88 Å². The van der Waals surface area contributed by atoms with Crippen LogP contribution in [0.2, 0.25) is 0 Å². The van der Waals surface area contributed by atoms with Crippen molar-refractivity contribution >= 4 is 28.7 Å². The van der Waals surface area contributed by atoms with Crippen molar-refractivity contribution in [2.75, 3.05) is 12.3 Å². The van der Waals surface area contributed by atoms with Crippen molar-refractivity contribution in [3.8, 4) is 0 Å². The van der Waals surface area contributed by atoms with Crippen LogP contribution in [0.4, 0.5) is 0 Å². The normalized spacial score (nSPS) is 18.8. The smallest absolute Gasteiger partial charge is 0.278 e. The number of piperidine rings is 1. The van der Waals surface area contributed by atoms with Gasteiger partial charge in [0, 0.05) is 24.3 Å². The van der Waals surface area contributed by atoms with E-state index in [4.69, 9.17) is 4.98 Å². The lowest BCUT2D eigenvalue weighted by Gasteiger charge is -2.35. The third-order valence-electron chi connectivity index (χ3n) is 5.56. The molecule has 0 aromatic carbocycles. The molecule has 7 heteroatoms. The van der Waals surface area contributed by atoms with Gasteiger partial charge in [-0.15, -0.1) is 0 Å². The van der Waals surface area contributed by atoms with Crippen LogP contribution in [-0.4, -0.2) is 43.7 Å². The molecule has 1 aliphatic heterocycles. The lowest BCUT2D eigenvalue weighted by Crippen LogP contribution is -2.44. The van der Waals surface area contributed by atoms with Crippen molar-refractivity contribution in [2.24, 2.45) is 0 Å². The number of hydrogen-bond donors (Lipinski definition) is 1. The number of thioether (sulfide) groups is 1. The van der Waals surface area contributed by atoms with Crippen molar-refractivity contribution in [2.45, 2.75) is 77.0 Å². The Kier molecular flexibility index (Phi) is 6.29. The first-order valence-corrected chi connectivity index (χ1v) is 11.0. The number of aromatic nitrogens is 3. The quantitative estimate of drug-likeness (QED) is 0.600. The van der Waals surface area contributed by atoms with Crippen LogP contribution in [-0.2, 0) is 4.79 Å². The second kappa shape index (κ2) is 8.50. The Morgan fingerprint density at radius 1 is 1.41 bits per heavy atom. The number of aryl methyl sites for hydroxylation is 1. The molecule has 0 spiro atoms. The van der Waals surface area contributed by atoms with E-state index in [1.165, 1.54) is 18.2 Å². The average Bonchev–Trinajstić information content (AvgIpc) is 3.06. The Labute approximate surface area is 164 Å². The minimum Gasteiger partial charge on any atom is -0.353 e. The van der Waals surface area contributed by atoms with Gasteiger partial charge in [-0.25, -0.2) is 4.98 Å². The van der Waals surface area contributed by atoms with Crippen molar-refractivity contribution in [3.63, 3.8) is 0 Å². The summed E-state index contributed by atoms with van der Waals surface area (Å²) in [6.07, 6.45) is 5.21. The molecule has 0 aliphatic carbocycles. The first-order chi connectivity index (χ1) is 13.0. The molecule has 6 nitrogen and oxygen atoms in total. The Morgan fingerprint density at radius 3 is 2.89 bits per heavy atom. The predicted molar refractivity (Wildman–Crippen MR) is 110 cm³/mol. The molecular weight excluding hydrogens is 360 g/mol. The summed E-state index contributed by atoms with van der Waals surface area (Å²) in [4.78, 5) is 35.7. The number of H-pyrrole nitrogens is 1. The standard InChI is InChI=1S/C20H30N4O2S/c1-5-14(4)24-19(26)18-16(11-13(3)21-18)22-20(24)27-12-17(25)23-10-8-7-9-15(23)6-2/h11,14-15,21H,5-10,12H2,1-4H3. The molecular formula is C20H30N4O2S. The van der Waals surface area contributed by atoms with Crippen LogP contribution in [0.15, 0.2) is 16.0 Å². The van der Waals surface area contributed by atoms with E-state index in [1.807, 2.05) is 24.8 Å². The zero-order valence-corrected chi connectivity index (χ0v) is 17.6. The van der Waals surface area contributed by atoms with Crippen molar-refractivity contribution in [3.05, 3.63) is 22.1 Å². The van der Waals surface area contributed by atoms with Gasteiger partial charge >= 0.3 is 0 Å². The van der Waals surface area contributed by atoms with Gasteiger partial charge in [-0.2, -0.15) is 0 Å². The van der Waals surface area contributed by atoms with Gasteiger partial charge in [0.2, 0.25) is 5.91 Å². The molecule has 2 unspecified atom stereocenters. The SMILES string of the molecule is CCC1CCCCN1C(=O)CSc1nc2cc(C)[nH]c2c(=O)n1C(C)CC. The molecule has 0 radical (unpaired) electrons. The van der Waals surface area contributed by atoms with E-state index in [0.29, 0.717) is 28.0 Å². The fourth-order valence-electron chi connectivity index (χ4n) is 3.83. The lowest BCUT2D eigenvalue weighted by atomic mass is 10.0. The molecule has 1 saturated heterocycles. The third kappa shape index (κ3) is 4.08. The number of hydrogen-bond acceptors (Lipinski definition) is 4. The second-order valence-corrected chi connectivity index (χ2v) is 8.42. The van der Waals surface area contributed by atoms with Crippen LogP contribution in [0.5, 0.6) is 0 Å². The monoisotopic (exact) mass is 390 g/mol. The van der Waals surface area contributed by atoms with Crippen LogP contribution in [0, 0.1) is 6.92 Å². The molecule has 3 rings (SSSR count). The summed E-state index contributed by atoms with van der Waals surface area (Å²) < 4.78 is 1.74. The van der Waals surface area contributed by atoms with E-state index in [2.05, 4.69) is 18.8 Å². The highest BCUT2D eigenvalue weighted by Gasteiger charge is 2.26. The highest BCUT2D eigenvalue weighted by atomic mass is 32.2. The van der Waals surface area contributed by atoms with Gasteiger partial charge in [-0.05, 0) is 52.0 Å². The van der Waals surface area contributed by atoms with Gasteiger partial charge in [0.15, 0.2) is 5.16 Å². The summed E-state index contributed by atoms with van der Waals surface area (Å²) in [5.41, 5.74) is 2.09. The molecule has 1 aliphatic rings. The summed E-state index contributed by atoms with van der Waals surface area (Å²) in [6, 6.07) is 2.28. The number of carbonyl (C=O) groups is 1. The number of fused-ring (bicyclic) bond motifs is 1. The summed E-state index contributed by atoms with van der Waals surface area (Å²) in [5.74, 6) is 0.482. The van der Waals surface area contributed by atoms with E-state index in [9.17, 15) is 9.59 Å². The van der Waals surface area contributed by atoms with Crippen molar-refractivity contribution in [1.82, 2.24) is 19.4 Å². The summed E-state index contributed by atoms with van der Waals surface area (Å²) in [7, 11) is 0. The zero-order chi connectivity index (χ0) is 19.6. The highest BCUT2D eigenvalue weighted by Crippen LogP contribution is 2.25. The maximum Gasteiger partial charge on any atom is 0.278 e. The maximum atomic E-state index is 13.0. The van der Waals surface area contributed by atoms with Crippen LogP contribution >= 0.6 is 11.8 Å². The van der Waals surface area contributed by atoms with Crippen LogP contribution in [0.1, 0.15) is 64.6 Å². The summed E-state index contributed by atoms with van der Waals surface area (Å²) in [6.45, 7) is 8.99. The highest BCUT2D eigenvalue weighted by molar-refractivity contribution is 7.99. The second-order valence-electron chi connectivity index (χ2n) is 7.47. The first kappa shape index (κ1) is 20.0. The predicted octanol–water partition coefficient (Wildman–Crippen LogP) is 3.89. The van der Waals surface area contributed by atoms with Gasteiger partial charge in [0.1, 0.15) is 5.52 Å². The molecule has 1 N–H and O–H groups in total. The molecule has 27 heavy (non-hydrogen) atoms. The van der Waals surface area contributed by atoms with E-state index >= 15 is 0 Å². The largest absolute Gasteiger partial charge is 0.353 e. The Balaban J connectivity index is 1.87. The molecule has 2 aromatic rings. The molecule has 2 aromatic heterocycles. The maximum absolute atomic E-state index is 13.0. The fourth-order valence-corrected chi connectivity index (χ4v) is 4.81. The molecule has 1 fully saturated rings. The average molecular weight is 391 g/mol. The fraction of sp³-hybridized carbons (Fsp3) is 0.650. The van der Waals surface area contributed by atoms with Crippen molar-refractivity contribution in [1.29, 1.82) is 0 Å². The number of carbonyl (C=O) groups excluding carboxylic acids is 1. The molecule has 2 atom stereocenters. The summed E-state index contributed by atoms with van der Waals surface area (Å²) >= 11 is 1.39. The van der Waals surface area contributed by atoms with Gasteiger partial charge in [-0.1, -0.05) is 25.6 Å². The van der Waals surface area contributed by atoms with Crippen LogP contribution in [0.3, 0.4) is 0 Å². The molecule has 148 valence electrons. The molecule has 0 bridgehead atoms. The minimum absolute atomic E-state index is 0.0361. The molecule has 0 saturated carbocycles. The number of likely N-dealkylation sites (tertiary alicyclic amines) is 1. The minimum atomic E-state index is -0.0539. The lowest BCUT2D eigenvalue weighted by molar-refractivity contribution is -0.132. The molecule has 1 amide bonds. The Bertz CT molecular complexity index is 873. The van der Waals surface area contributed by atoms with Crippen molar-refractivity contribution < 1.29 is 4.79 Å². The van der Waals surface area contributed by atoms with Gasteiger partial charge in [0.05, 0.1) is 11.3 Å². The third-order valence-corrected chi connectivity index (χ3v) is 6.50. The van der Waals surface area contributed by atoms with Gasteiger partial charge in [0.25, 0.3) is 5.56 Å². The Hall–Kier alpha value is -1.76. The van der Waals surface area contributed by atoms with E-state index in [1.54, 1.807) is 4.57 Å². The topological polar surface area (TPSA) is 71.0 Å².